The van der Waals surface area contributed by atoms with Gasteiger partial charge in [-0.3, -0.25) is 9.59 Å². The second-order valence-electron chi connectivity index (χ2n) is 15.8. The van der Waals surface area contributed by atoms with E-state index in [1.54, 1.807) is 23.5 Å². The molecule has 2 aliphatic carbocycles. The molecule has 296 valence electrons. The highest BCUT2D eigenvalue weighted by Gasteiger charge is 2.40. The number of rotatable bonds is 14. The second-order valence-corrected chi connectivity index (χ2v) is 18.1. The molecular formula is C44H56N8O2S2. The number of aromatic nitrogens is 8. The predicted octanol–water partition coefficient (Wildman–Crippen LogP) is 9.55. The van der Waals surface area contributed by atoms with E-state index in [0.29, 0.717) is 23.2 Å². The molecule has 0 N–H and O–H groups in total. The van der Waals surface area contributed by atoms with Gasteiger partial charge in [0.1, 0.15) is 0 Å². The SMILES string of the molecule is CC(C=CC=C(C)C=CC1=C(C)C(=O)C(Sc2nnnn2C)CC1(C)C)=CC=CC=C(C)C=CC=C(C)C=CC1=C(C)C(=O)C(Sc2nnnn2C)CC1(C)C. The van der Waals surface area contributed by atoms with Crippen molar-refractivity contribution in [1.82, 2.24) is 40.4 Å². The largest absolute Gasteiger partial charge is 0.293 e. The van der Waals surface area contributed by atoms with Crippen LogP contribution in [0.2, 0.25) is 0 Å². The number of ketones is 2. The number of allylic oxidation sites excluding steroid dienone is 22. The third-order valence-electron chi connectivity index (χ3n) is 9.93. The van der Waals surface area contributed by atoms with Gasteiger partial charge in [0.15, 0.2) is 11.6 Å². The Bertz CT molecular complexity index is 1990. The van der Waals surface area contributed by atoms with E-state index in [2.05, 4.69) is 147 Å². The van der Waals surface area contributed by atoms with Gasteiger partial charge in [0.25, 0.3) is 0 Å². The van der Waals surface area contributed by atoms with Gasteiger partial charge in [-0.2, -0.15) is 0 Å². The summed E-state index contributed by atoms with van der Waals surface area (Å²) in [5.41, 5.74) is 7.88. The number of carbonyl (C=O) groups excluding carboxylic acids is 2. The highest BCUT2D eigenvalue weighted by Crippen LogP contribution is 2.45. The third-order valence-corrected chi connectivity index (χ3v) is 12.4. The summed E-state index contributed by atoms with van der Waals surface area (Å²) >= 11 is 2.87. The molecule has 0 amide bonds. The monoisotopic (exact) mass is 792 g/mol. The predicted molar refractivity (Wildman–Crippen MR) is 230 cm³/mol. The maximum Gasteiger partial charge on any atom is 0.209 e. The fourth-order valence-corrected chi connectivity index (χ4v) is 9.28. The van der Waals surface area contributed by atoms with Gasteiger partial charge in [-0.1, -0.05) is 159 Å². The Hall–Kier alpha value is -4.68. The van der Waals surface area contributed by atoms with Gasteiger partial charge in [-0.05, 0) is 108 Å². The molecule has 10 nitrogen and oxygen atoms in total. The summed E-state index contributed by atoms with van der Waals surface area (Å²) < 4.78 is 3.21. The Balaban J connectivity index is 1.29. The molecule has 2 unspecified atom stereocenters. The van der Waals surface area contributed by atoms with Crippen molar-refractivity contribution in [1.29, 1.82) is 0 Å². The summed E-state index contributed by atoms with van der Waals surface area (Å²) in [7, 11) is 3.58. The Labute approximate surface area is 341 Å². The standard InChI is InChI=1S/C44H56N8O2S2/c1-29(19-15-21-31(3)23-25-35-33(5)39(53)37(27-43(35,7)8)55-41-45-47-49-51(41)11)17-13-14-18-30(2)20-16-22-32(4)24-26-36-34(6)40(54)38(28-44(36,9)10)56-42-46-48-50-52(42)12/h13-26,37-38H,27-28H2,1-12H3. The lowest BCUT2D eigenvalue weighted by Crippen LogP contribution is -2.34. The number of hydrogen-bond acceptors (Lipinski definition) is 10. The molecule has 0 bridgehead atoms. The van der Waals surface area contributed by atoms with Crippen LogP contribution in [0.3, 0.4) is 0 Å². The molecule has 2 heterocycles. The summed E-state index contributed by atoms with van der Waals surface area (Å²) in [4.78, 5) is 26.5. The van der Waals surface area contributed by atoms with Crippen LogP contribution in [0.15, 0.2) is 140 Å². The fraction of sp³-hybridized carbons (Fsp3) is 0.409. The summed E-state index contributed by atoms with van der Waals surface area (Å²) in [6, 6.07) is 0. The molecule has 0 saturated carbocycles. The molecule has 2 atom stereocenters. The number of Topliss-reactive ketones (excluding diaryl/α,β-unsaturated/α-hetero) is 2. The molecule has 0 fully saturated rings. The van der Waals surface area contributed by atoms with Crippen molar-refractivity contribution in [3.05, 3.63) is 130 Å². The fourth-order valence-electron chi connectivity index (χ4n) is 6.65. The summed E-state index contributed by atoms with van der Waals surface area (Å²) in [5, 5.41) is 24.2. The first kappa shape index (κ1) is 44.0. The van der Waals surface area contributed by atoms with Crippen molar-refractivity contribution < 1.29 is 9.59 Å². The van der Waals surface area contributed by atoms with Crippen LogP contribution in [0.25, 0.3) is 0 Å². The van der Waals surface area contributed by atoms with Crippen molar-refractivity contribution in [3.8, 4) is 0 Å². The molecular weight excluding hydrogens is 737 g/mol. The zero-order chi connectivity index (χ0) is 41.2. The lowest BCUT2D eigenvalue weighted by Gasteiger charge is -2.36. The smallest absolute Gasteiger partial charge is 0.209 e. The van der Waals surface area contributed by atoms with Crippen molar-refractivity contribution in [2.24, 2.45) is 24.9 Å². The van der Waals surface area contributed by atoms with E-state index in [4.69, 9.17) is 0 Å². The molecule has 56 heavy (non-hydrogen) atoms. The van der Waals surface area contributed by atoms with Crippen LogP contribution < -0.4 is 0 Å². The normalized spacial score (nSPS) is 21.9. The zero-order valence-electron chi connectivity index (χ0n) is 34.9. The average Bonchev–Trinajstić information content (AvgIpc) is 3.73. The van der Waals surface area contributed by atoms with Crippen LogP contribution in [-0.2, 0) is 23.7 Å². The number of carbonyl (C=O) groups is 2. The van der Waals surface area contributed by atoms with Crippen LogP contribution >= 0.6 is 23.5 Å². The van der Waals surface area contributed by atoms with Crippen molar-refractivity contribution in [2.75, 3.05) is 0 Å². The lowest BCUT2D eigenvalue weighted by atomic mass is 9.72. The lowest BCUT2D eigenvalue weighted by molar-refractivity contribution is -0.116. The molecule has 2 aliphatic rings. The van der Waals surface area contributed by atoms with Gasteiger partial charge in [-0.15, -0.1) is 10.2 Å². The number of hydrogen-bond donors (Lipinski definition) is 0. The average molecular weight is 793 g/mol. The van der Waals surface area contributed by atoms with Crippen LogP contribution in [0.4, 0.5) is 0 Å². The van der Waals surface area contributed by atoms with E-state index in [-0.39, 0.29) is 32.9 Å². The quantitative estimate of drug-likeness (QED) is 0.171. The van der Waals surface area contributed by atoms with Gasteiger partial charge in [-0.25, -0.2) is 9.36 Å². The van der Waals surface area contributed by atoms with E-state index in [1.807, 2.05) is 38.2 Å². The van der Waals surface area contributed by atoms with Crippen LogP contribution in [0.5, 0.6) is 0 Å². The molecule has 0 saturated heterocycles. The minimum absolute atomic E-state index is 0.139. The molecule has 12 heteroatoms. The summed E-state index contributed by atoms with van der Waals surface area (Å²) in [6.07, 6.45) is 30.4. The number of aryl methyl sites for hydroxylation is 2. The Morgan fingerprint density at radius 3 is 1.27 bits per heavy atom. The van der Waals surface area contributed by atoms with E-state index < -0.39 is 0 Å². The first-order valence-electron chi connectivity index (χ1n) is 18.8. The topological polar surface area (TPSA) is 121 Å². The zero-order valence-corrected chi connectivity index (χ0v) is 36.5. The number of tetrazole rings is 2. The first-order chi connectivity index (χ1) is 26.4. The highest BCUT2D eigenvalue weighted by atomic mass is 32.2. The number of nitrogens with zero attached hydrogens (tertiary/aromatic N) is 8. The minimum Gasteiger partial charge on any atom is -0.293 e. The molecule has 0 spiro atoms. The molecule has 0 aliphatic heterocycles. The van der Waals surface area contributed by atoms with Gasteiger partial charge in [0, 0.05) is 14.1 Å². The molecule has 2 aromatic heterocycles. The van der Waals surface area contributed by atoms with Crippen molar-refractivity contribution >= 4 is 35.1 Å². The van der Waals surface area contributed by atoms with E-state index >= 15 is 0 Å². The van der Waals surface area contributed by atoms with Crippen LogP contribution in [0.1, 0.15) is 82.1 Å². The van der Waals surface area contributed by atoms with Gasteiger partial charge >= 0.3 is 0 Å². The maximum atomic E-state index is 13.3. The Morgan fingerprint density at radius 1 is 0.589 bits per heavy atom. The summed E-state index contributed by atoms with van der Waals surface area (Å²) in [6.45, 7) is 20.9. The Kier molecular flexibility index (Phi) is 15.3. The first-order valence-corrected chi connectivity index (χ1v) is 20.5. The summed E-state index contributed by atoms with van der Waals surface area (Å²) in [5.74, 6) is 0.277. The van der Waals surface area contributed by atoms with Crippen LogP contribution in [-0.4, -0.2) is 62.5 Å². The molecule has 2 aromatic rings. The van der Waals surface area contributed by atoms with Crippen LogP contribution in [0, 0.1) is 10.8 Å². The Morgan fingerprint density at radius 2 is 0.929 bits per heavy atom. The highest BCUT2D eigenvalue weighted by molar-refractivity contribution is 8.00. The van der Waals surface area contributed by atoms with Gasteiger partial charge in [0.05, 0.1) is 10.5 Å². The molecule has 0 radical (unpaired) electrons. The van der Waals surface area contributed by atoms with Gasteiger partial charge in [0.2, 0.25) is 10.3 Å². The van der Waals surface area contributed by atoms with E-state index in [9.17, 15) is 9.59 Å². The van der Waals surface area contributed by atoms with Gasteiger partial charge < -0.3 is 0 Å². The van der Waals surface area contributed by atoms with E-state index in [0.717, 1.165) is 44.6 Å². The minimum atomic E-state index is -0.210. The van der Waals surface area contributed by atoms with Crippen molar-refractivity contribution in [3.63, 3.8) is 0 Å². The molecule has 4 rings (SSSR count). The maximum absolute atomic E-state index is 13.3. The number of thioether (sulfide) groups is 2. The second kappa shape index (κ2) is 19.5. The van der Waals surface area contributed by atoms with E-state index in [1.165, 1.54) is 23.5 Å². The van der Waals surface area contributed by atoms with Crippen molar-refractivity contribution in [2.45, 2.75) is 103 Å². The third kappa shape index (κ3) is 11.9. The molecule has 0 aromatic carbocycles.